The molecule has 0 spiro atoms. The van der Waals surface area contributed by atoms with Crippen LogP contribution in [-0.2, 0) is 9.47 Å². The fraction of sp³-hybridized carbons (Fsp3) is 1.00. The second kappa shape index (κ2) is 7.35. The Labute approximate surface area is 125 Å². The number of aliphatic hydroxyl groups is 4. The molecule has 4 N–H and O–H groups in total. The van der Waals surface area contributed by atoms with E-state index in [-0.39, 0.29) is 12.5 Å². The standard InChI is InChI=1S/C15H28O6/c1-2-8-15(19)14(18)13(12(17)11(9-16)21-15)20-10-6-4-3-5-7-10/h10-14,16-19H,2-9H2,1H3/t11-,12-,13+,14-,15-/m1/s1. The second-order valence-corrected chi connectivity index (χ2v) is 6.23. The van der Waals surface area contributed by atoms with Crippen LogP contribution in [-0.4, -0.2) is 63.3 Å². The highest BCUT2D eigenvalue weighted by molar-refractivity contribution is 4.97. The molecule has 5 atom stereocenters. The summed E-state index contributed by atoms with van der Waals surface area (Å²) >= 11 is 0. The van der Waals surface area contributed by atoms with Gasteiger partial charge in [-0.15, -0.1) is 0 Å². The van der Waals surface area contributed by atoms with Crippen LogP contribution in [0.4, 0.5) is 0 Å². The van der Waals surface area contributed by atoms with Crippen LogP contribution in [0.1, 0.15) is 51.9 Å². The zero-order valence-electron chi connectivity index (χ0n) is 12.6. The van der Waals surface area contributed by atoms with E-state index in [0.717, 1.165) is 25.7 Å². The van der Waals surface area contributed by atoms with Gasteiger partial charge in [0.1, 0.15) is 24.4 Å². The Kier molecular flexibility index (Phi) is 5.99. The molecule has 1 saturated carbocycles. The predicted molar refractivity (Wildman–Crippen MR) is 75.6 cm³/mol. The monoisotopic (exact) mass is 304 g/mol. The minimum absolute atomic E-state index is 0.0173. The molecule has 2 fully saturated rings. The molecular formula is C15H28O6. The zero-order chi connectivity index (χ0) is 15.5. The van der Waals surface area contributed by atoms with Gasteiger partial charge in [-0.1, -0.05) is 32.6 Å². The Morgan fingerprint density at radius 2 is 1.86 bits per heavy atom. The van der Waals surface area contributed by atoms with E-state index in [4.69, 9.17) is 9.47 Å². The number of rotatable bonds is 5. The molecule has 1 heterocycles. The molecule has 6 nitrogen and oxygen atoms in total. The van der Waals surface area contributed by atoms with Crippen molar-refractivity contribution in [3.63, 3.8) is 0 Å². The topological polar surface area (TPSA) is 99.4 Å². The largest absolute Gasteiger partial charge is 0.394 e. The summed E-state index contributed by atoms with van der Waals surface area (Å²) in [6.07, 6.45) is 1.58. The summed E-state index contributed by atoms with van der Waals surface area (Å²) in [7, 11) is 0. The van der Waals surface area contributed by atoms with E-state index in [1.54, 1.807) is 0 Å². The maximum atomic E-state index is 10.5. The number of hydrogen-bond acceptors (Lipinski definition) is 6. The van der Waals surface area contributed by atoms with Crippen molar-refractivity contribution in [1.29, 1.82) is 0 Å². The van der Waals surface area contributed by atoms with Gasteiger partial charge in [0.15, 0.2) is 5.79 Å². The first-order valence-electron chi connectivity index (χ1n) is 8.04. The highest BCUT2D eigenvalue weighted by atomic mass is 16.7. The third-order valence-electron chi connectivity index (χ3n) is 4.54. The summed E-state index contributed by atoms with van der Waals surface area (Å²) in [5, 5.41) is 40.5. The van der Waals surface area contributed by atoms with Gasteiger partial charge in [0.2, 0.25) is 0 Å². The molecule has 2 rings (SSSR count). The fourth-order valence-corrected chi connectivity index (χ4v) is 3.35. The van der Waals surface area contributed by atoms with E-state index in [9.17, 15) is 20.4 Å². The van der Waals surface area contributed by atoms with Crippen LogP contribution < -0.4 is 0 Å². The first-order chi connectivity index (χ1) is 10.0. The molecule has 0 radical (unpaired) electrons. The molecule has 1 aliphatic carbocycles. The maximum Gasteiger partial charge on any atom is 0.195 e. The van der Waals surface area contributed by atoms with Crippen LogP contribution in [0.3, 0.4) is 0 Å². The SMILES string of the molecule is CCC[C@@]1(O)O[C@H](CO)[C@@H](O)[C@H](OC2CCCCC2)[C@H]1O. The van der Waals surface area contributed by atoms with Crippen molar-refractivity contribution in [3.8, 4) is 0 Å². The molecule has 0 aromatic heterocycles. The Morgan fingerprint density at radius 1 is 1.19 bits per heavy atom. The molecule has 0 aromatic carbocycles. The predicted octanol–water partition coefficient (Wildman–Crippen LogP) is 0.306. The van der Waals surface area contributed by atoms with E-state index in [1.807, 2.05) is 6.92 Å². The lowest BCUT2D eigenvalue weighted by molar-refractivity contribution is -0.360. The van der Waals surface area contributed by atoms with E-state index in [0.29, 0.717) is 6.42 Å². The van der Waals surface area contributed by atoms with Crippen molar-refractivity contribution in [3.05, 3.63) is 0 Å². The molecule has 0 amide bonds. The van der Waals surface area contributed by atoms with Gasteiger partial charge in [0.05, 0.1) is 12.7 Å². The summed E-state index contributed by atoms with van der Waals surface area (Å²) < 4.78 is 11.2. The molecule has 6 heteroatoms. The molecule has 0 unspecified atom stereocenters. The summed E-state index contributed by atoms with van der Waals surface area (Å²) in [5.41, 5.74) is 0. The minimum Gasteiger partial charge on any atom is -0.394 e. The summed E-state index contributed by atoms with van der Waals surface area (Å²) in [5.74, 6) is -1.78. The average Bonchev–Trinajstić information content (AvgIpc) is 2.49. The van der Waals surface area contributed by atoms with Crippen molar-refractivity contribution in [2.75, 3.05) is 6.61 Å². The zero-order valence-corrected chi connectivity index (χ0v) is 12.6. The van der Waals surface area contributed by atoms with E-state index < -0.39 is 36.8 Å². The first kappa shape index (κ1) is 17.1. The third-order valence-corrected chi connectivity index (χ3v) is 4.54. The van der Waals surface area contributed by atoms with Crippen molar-refractivity contribution < 1.29 is 29.9 Å². The highest BCUT2D eigenvalue weighted by Gasteiger charge is 2.53. The molecule has 0 aromatic rings. The van der Waals surface area contributed by atoms with E-state index >= 15 is 0 Å². The molecular weight excluding hydrogens is 276 g/mol. The van der Waals surface area contributed by atoms with Crippen LogP contribution in [0.2, 0.25) is 0 Å². The fourth-order valence-electron chi connectivity index (χ4n) is 3.35. The summed E-state index contributed by atoms with van der Waals surface area (Å²) in [6.45, 7) is 1.44. The van der Waals surface area contributed by atoms with Gasteiger partial charge in [0.25, 0.3) is 0 Å². The Morgan fingerprint density at radius 3 is 2.43 bits per heavy atom. The van der Waals surface area contributed by atoms with Crippen molar-refractivity contribution in [2.45, 2.75) is 88.2 Å². The van der Waals surface area contributed by atoms with Crippen LogP contribution in [0.5, 0.6) is 0 Å². The molecule has 2 aliphatic rings. The Bertz CT molecular complexity index is 319. The van der Waals surface area contributed by atoms with Gasteiger partial charge in [-0.3, -0.25) is 0 Å². The molecule has 124 valence electrons. The van der Waals surface area contributed by atoms with Gasteiger partial charge in [-0.2, -0.15) is 0 Å². The van der Waals surface area contributed by atoms with Crippen LogP contribution in [0.25, 0.3) is 0 Å². The van der Waals surface area contributed by atoms with Crippen LogP contribution >= 0.6 is 0 Å². The third kappa shape index (κ3) is 3.75. The van der Waals surface area contributed by atoms with Crippen molar-refractivity contribution >= 4 is 0 Å². The van der Waals surface area contributed by atoms with Crippen LogP contribution in [0.15, 0.2) is 0 Å². The summed E-state index contributed by atoms with van der Waals surface area (Å²) in [6, 6.07) is 0. The Hall–Kier alpha value is -0.240. The average molecular weight is 304 g/mol. The van der Waals surface area contributed by atoms with Crippen LogP contribution in [0, 0.1) is 0 Å². The molecule has 0 bridgehead atoms. The Balaban J connectivity index is 2.10. The number of hydrogen-bond donors (Lipinski definition) is 4. The van der Waals surface area contributed by atoms with Crippen molar-refractivity contribution in [2.24, 2.45) is 0 Å². The lowest BCUT2D eigenvalue weighted by atomic mass is 9.89. The number of aliphatic hydroxyl groups excluding tert-OH is 3. The second-order valence-electron chi connectivity index (χ2n) is 6.23. The smallest absolute Gasteiger partial charge is 0.195 e. The van der Waals surface area contributed by atoms with E-state index in [1.165, 1.54) is 6.42 Å². The quantitative estimate of drug-likeness (QED) is 0.583. The van der Waals surface area contributed by atoms with Crippen molar-refractivity contribution in [1.82, 2.24) is 0 Å². The number of ether oxygens (including phenoxy) is 2. The van der Waals surface area contributed by atoms with Gasteiger partial charge < -0.3 is 29.9 Å². The normalized spacial score (nSPS) is 42.1. The molecule has 21 heavy (non-hydrogen) atoms. The maximum absolute atomic E-state index is 10.5. The lowest BCUT2D eigenvalue weighted by Crippen LogP contribution is -2.66. The van der Waals surface area contributed by atoms with Gasteiger partial charge in [0, 0.05) is 6.42 Å². The minimum atomic E-state index is -1.78. The van der Waals surface area contributed by atoms with Gasteiger partial charge in [-0.05, 0) is 12.8 Å². The highest BCUT2D eigenvalue weighted by Crippen LogP contribution is 2.35. The lowest BCUT2D eigenvalue weighted by Gasteiger charge is -2.48. The van der Waals surface area contributed by atoms with Gasteiger partial charge in [-0.25, -0.2) is 0 Å². The van der Waals surface area contributed by atoms with E-state index in [2.05, 4.69) is 0 Å². The molecule has 1 aliphatic heterocycles. The first-order valence-corrected chi connectivity index (χ1v) is 8.04. The molecule has 1 saturated heterocycles. The van der Waals surface area contributed by atoms with Gasteiger partial charge >= 0.3 is 0 Å². The summed E-state index contributed by atoms with van der Waals surface area (Å²) in [4.78, 5) is 0.